The molecule has 19 rings (SSSR count). The third kappa shape index (κ3) is 23.3. The molecule has 11 aliphatic rings. The van der Waals surface area contributed by atoms with Gasteiger partial charge in [-0.05, 0) is 352 Å². The van der Waals surface area contributed by atoms with Crippen molar-refractivity contribution in [2.24, 2.45) is 17.8 Å². The van der Waals surface area contributed by atoms with Crippen molar-refractivity contribution >= 4 is 93.5 Å². The van der Waals surface area contributed by atoms with Gasteiger partial charge in [0.05, 0.1) is 22.2 Å². The van der Waals surface area contributed by atoms with Crippen LogP contribution in [0.3, 0.4) is 0 Å². The number of fused-ring (bicyclic) bond motifs is 8. The third-order valence-electron chi connectivity index (χ3n) is 29.8. The van der Waals surface area contributed by atoms with Crippen molar-refractivity contribution in [3.8, 4) is 0 Å². The number of nitrogens with one attached hydrogen (secondary N) is 8. The molecule has 0 unspecified atom stereocenters. The summed E-state index contributed by atoms with van der Waals surface area (Å²) in [5, 5.41) is 27.1. The number of hydrogen-bond acceptors (Lipinski definition) is 23. The Bertz CT molecular complexity index is 5820. The molecule has 4 aromatic carbocycles. The summed E-state index contributed by atoms with van der Waals surface area (Å²) in [5.41, 5.74) is 32.6. The molecule has 8 aromatic rings. The van der Waals surface area contributed by atoms with E-state index in [4.69, 9.17) is 20.9 Å². The van der Waals surface area contributed by atoms with Gasteiger partial charge in [0, 0.05) is 79.2 Å². The third-order valence-corrected chi connectivity index (χ3v) is 29.8. The standard InChI is InChI=1S/C30H41N5O3.C25H33N5O.C22H33NO2.C21H29N5.C9H12N4O.3CH4.K.H2O/c1-18-15-21(33-24-19(2)25(32-17-31-24)34-26(36)20-11-12-20)16-22-23(18)29(6,7)35(27(37)38-28(3,4)5)30(22)13-9-8-10-14-30;1-15-12-18(13-19-20(15)24(3,4)30-25(19)10-6-5-7-11-25)28-21-16(2)22(27-14-26-21)29-23(31)17-8-9-17;1-15-13-16(2)18-17(14-15)22(11-9-8-10-12-22)23(21(18,6)7)19(24)25-20(3,4)5;1-13-10-15(25-19-14(2)18(22)23-12-24-19)11-16-17(13)20(3,4)26-21(16)8-6-5-7-9-21;1-5-7(10)11-4-12-8(5)13-9(14)6-2-3-6;;;;;/h15-17,20H,8-14H2,1-7H3,(H2,31,32,33,34,36);12-14,17,30H,5-11H2,1-4H3,(H2,26,27,28,29,31);13-14H,8-12H2,1-7H3;10-12,26H,5-9H2,1-4H3,(H3,22,23,24,25);4,6H,2-3H2,1H3,(H3,10,11,12,13,14);3*1H4;;1H2/q;;;;;;;;+1;/p-1. The summed E-state index contributed by atoms with van der Waals surface area (Å²) in [6, 6.07) is 18.0. The number of aromatic nitrogens is 8. The van der Waals surface area contributed by atoms with Crippen molar-refractivity contribution < 1.29 is 90.3 Å². The Balaban J connectivity index is 0.000000182. The molecule has 7 saturated carbocycles. The van der Waals surface area contributed by atoms with E-state index in [1.54, 1.807) is 6.92 Å². The van der Waals surface area contributed by atoms with Crippen LogP contribution in [0.5, 0.6) is 0 Å². The van der Waals surface area contributed by atoms with Gasteiger partial charge in [-0.15, -0.1) is 0 Å². The van der Waals surface area contributed by atoms with Gasteiger partial charge in [-0.1, -0.05) is 117 Å². The summed E-state index contributed by atoms with van der Waals surface area (Å²) >= 11 is 0. The maximum atomic E-state index is 13.8. The van der Waals surface area contributed by atoms with Crippen LogP contribution in [0.25, 0.3) is 0 Å². The van der Waals surface area contributed by atoms with Crippen LogP contribution >= 0.6 is 0 Å². The number of benzene rings is 4. The van der Waals surface area contributed by atoms with Gasteiger partial charge in [0.2, 0.25) is 17.7 Å². The van der Waals surface area contributed by atoms with Crippen LogP contribution < -0.4 is 105 Å². The maximum Gasteiger partial charge on any atom is 1.00 e. The number of anilines is 11. The molecule has 5 amide bonds. The van der Waals surface area contributed by atoms with Crippen LogP contribution in [-0.2, 0) is 68.2 Å². The molecule has 0 radical (unpaired) electrons. The molecule has 0 saturated heterocycles. The SMILES string of the molecule is C.C.C.Cc1c(N)ncnc1NC(=O)C1CC1.Cc1cc(C)c2c(c1)C1(CCCCC1)N(C(=O)OC(C)(C)C)C2(C)C.Cc1cc(Nc2ncnc(N)c2C)cc2c1C(C)(C)NC21CCCCC1.Cc1cc(Nc2ncnc(NC(=O)C3CC3)c2C)cc2c1C(C)(C)N(C(=O)OC(C)(C)C)C21CCCCC1.Cc1cc(Nc2ncnc(NC(=O)C3CC3)c2C)cc2c1C(C)(C)NC21CCCCC1.[K+].[OH-]. The Morgan fingerprint density at radius 1 is 0.360 bits per heavy atom. The van der Waals surface area contributed by atoms with E-state index in [1.807, 2.05) is 67.2 Å². The van der Waals surface area contributed by atoms with E-state index in [0.717, 1.165) is 134 Å². The van der Waals surface area contributed by atoms with E-state index < -0.39 is 22.3 Å². The number of hydrogen-bond donors (Lipinski definition) is 10. The minimum atomic E-state index is -0.573. The second-order valence-corrected chi connectivity index (χ2v) is 44.4. The molecule has 139 heavy (non-hydrogen) atoms. The molecule has 4 spiro atoms. The second kappa shape index (κ2) is 43.1. The van der Waals surface area contributed by atoms with Crippen molar-refractivity contribution in [1.29, 1.82) is 0 Å². The molecular weight excluding hydrogens is 1770 g/mol. The van der Waals surface area contributed by atoms with Crippen molar-refractivity contribution in [1.82, 2.24) is 60.3 Å². The molecule has 8 heterocycles. The van der Waals surface area contributed by atoms with Gasteiger partial charge in [-0.3, -0.25) is 34.8 Å². The number of ether oxygens (including phenoxy) is 2. The number of amides is 5. The average Bonchev–Trinajstić information content (AvgIpc) is 1.53. The fraction of sp³-hybridized carbons (Fsp3) is 0.591. The van der Waals surface area contributed by atoms with E-state index in [1.165, 1.54) is 182 Å². The number of nitrogen functional groups attached to an aromatic ring is 2. The Kier molecular flexibility index (Phi) is 34.6. The van der Waals surface area contributed by atoms with Gasteiger partial charge < -0.3 is 58.3 Å². The minimum Gasteiger partial charge on any atom is -0.870 e. The van der Waals surface area contributed by atoms with Crippen molar-refractivity contribution in [2.75, 3.05) is 43.4 Å². The number of carbonyl (C=O) groups is 5. The summed E-state index contributed by atoms with van der Waals surface area (Å²) in [6.07, 6.45) is 34.6. The van der Waals surface area contributed by atoms with E-state index in [0.29, 0.717) is 34.9 Å². The van der Waals surface area contributed by atoms with Crippen LogP contribution in [0, 0.1) is 80.1 Å². The largest absolute Gasteiger partial charge is 1.00 e. The summed E-state index contributed by atoms with van der Waals surface area (Å²) < 4.78 is 11.9. The zero-order chi connectivity index (χ0) is 96.5. The molecule has 28 nitrogen and oxygen atoms in total. The predicted molar refractivity (Wildman–Crippen MR) is 555 cm³/mol. The summed E-state index contributed by atoms with van der Waals surface area (Å²) in [5.74, 6) is 5.30. The summed E-state index contributed by atoms with van der Waals surface area (Å²) in [7, 11) is 0. The van der Waals surface area contributed by atoms with Gasteiger partial charge in [-0.25, -0.2) is 49.5 Å². The van der Waals surface area contributed by atoms with Gasteiger partial charge >= 0.3 is 63.6 Å². The minimum absolute atomic E-state index is 0. The predicted octanol–water partition coefficient (Wildman–Crippen LogP) is 21.8. The first kappa shape index (κ1) is 112. The topological polar surface area (TPSA) is 392 Å². The summed E-state index contributed by atoms with van der Waals surface area (Å²) in [4.78, 5) is 101. The fourth-order valence-corrected chi connectivity index (χ4v) is 23.8. The van der Waals surface area contributed by atoms with Gasteiger partial charge in [-0.2, -0.15) is 0 Å². The number of nitrogens with two attached hydrogens (primary N) is 2. The van der Waals surface area contributed by atoms with Crippen molar-refractivity contribution in [3.05, 3.63) is 168 Å². The average molecular weight is 1930 g/mol. The quantitative estimate of drug-likeness (QED) is 0.0508. The van der Waals surface area contributed by atoms with E-state index in [-0.39, 0.29) is 160 Å². The molecule has 4 aliphatic heterocycles. The number of carbonyl (C=O) groups excluding carboxylic acids is 5. The molecule has 750 valence electrons. The van der Waals surface area contributed by atoms with Crippen LogP contribution in [0.1, 0.15) is 381 Å². The smallest absolute Gasteiger partial charge is 0.870 e. The van der Waals surface area contributed by atoms with Crippen molar-refractivity contribution in [2.45, 2.75) is 404 Å². The Morgan fingerprint density at radius 2 is 0.626 bits per heavy atom. The number of aryl methyl sites for hydroxylation is 5. The fourth-order valence-electron chi connectivity index (χ4n) is 23.8. The van der Waals surface area contributed by atoms with Gasteiger partial charge in [0.25, 0.3) is 0 Å². The molecule has 7 aliphatic carbocycles. The molecule has 0 atom stereocenters. The molecule has 0 bridgehead atoms. The van der Waals surface area contributed by atoms with E-state index in [9.17, 15) is 24.0 Å². The van der Waals surface area contributed by atoms with Crippen LogP contribution in [0.2, 0.25) is 0 Å². The molecular formula is C110H161KN20O8. The van der Waals surface area contributed by atoms with Crippen LogP contribution in [0.4, 0.5) is 73.2 Å². The first-order chi connectivity index (χ1) is 63.1. The number of rotatable bonds is 12. The first-order valence-electron chi connectivity index (χ1n) is 49.4. The van der Waals surface area contributed by atoms with Crippen molar-refractivity contribution in [3.63, 3.8) is 0 Å². The Hall–Kier alpha value is -9.33. The maximum absolute atomic E-state index is 13.8. The van der Waals surface area contributed by atoms with E-state index in [2.05, 4.69) is 226 Å². The van der Waals surface area contributed by atoms with Gasteiger partial charge in [0.15, 0.2) is 0 Å². The first-order valence-corrected chi connectivity index (χ1v) is 49.4. The Morgan fingerprint density at radius 3 is 0.950 bits per heavy atom. The Labute approximate surface area is 870 Å². The molecule has 29 heteroatoms. The van der Waals surface area contributed by atoms with Crippen LogP contribution in [-0.4, -0.2) is 96.3 Å². The second-order valence-electron chi connectivity index (χ2n) is 44.4. The summed E-state index contributed by atoms with van der Waals surface area (Å²) in [6.45, 7) is 48.0. The zero-order valence-corrected chi connectivity index (χ0v) is 88.6. The molecule has 13 N–H and O–H groups in total. The van der Waals surface area contributed by atoms with Gasteiger partial charge in [0.1, 0.15) is 83.1 Å². The molecule has 4 aromatic heterocycles. The molecule has 7 fully saturated rings. The normalized spacial score (nSPS) is 19.2. The van der Waals surface area contributed by atoms with Crippen LogP contribution in [0.15, 0.2) is 73.8 Å². The van der Waals surface area contributed by atoms with E-state index >= 15 is 0 Å². The number of nitrogens with zero attached hydrogens (tertiary/aromatic N) is 10. The zero-order valence-electron chi connectivity index (χ0n) is 85.5. The monoisotopic (exact) mass is 1930 g/mol.